The Bertz CT molecular complexity index is 459. The van der Waals surface area contributed by atoms with Crippen LogP contribution in [-0.4, -0.2) is 18.7 Å². The van der Waals surface area contributed by atoms with Gasteiger partial charge in [-0.1, -0.05) is 39.3 Å². The number of hydrogen-bond donors (Lipinski definition) is 1. The lowest BCUT2D eigenvalue weighted by atomic mass is 9.98. The third-order valence-electron chi connectivity index (χ3n) is 3.94. The molecule has 0 radical (unpaired) electrons. The molecule has 1 aromatic carbocycles. The lowest BCUT2D eigenvalue weighted by molar-refractivity contribution is 0.0822. The van der Waals surface area contributed by atoms with Crippen LogP contribution in [0, 0.1) is 6.92 Å². The number of rotatable bonds is 8. The van der Waals surface area contributed by atoms with Gasteiger partial charge in [-0.15, -0.1) is 0 Å². The quantitative estimate of drug-likeness (QED) is 0.656. The number of benzene rings is 1. The lowest BCUT2D eigenvalue weighted by Crippen LogP contribution is -2.43. The molecule has 0 aliphatic rings. The van der Waals surface area contributed by atoms with Crippen LogP contribution in [0.3, 0.4) is 0 Å². The van der Waals surface area contributed by atoms with Gasteiger partial charge in [0, 0.05) is 11.6 Å². The Morgan fingerprint density at radius 1 is 1.29 bits per heavy atom. The normalized spacial score (nSPS) is 14.3. The zero-order chi connectivity index (χ0) is 16.0. The van der Waals surface area contributed by atoms with Crippen molar-refractivity contribution in [3.8, 4) is 5.75 Å². The summed E-state index contributed by atoms with van der Waals surface area (Å²) in [6.07, 6.45) is 2.10. The number of aryl methyl sites for hydroxylation is 1. The van der Waals surface area contributed by atoms with Gasteiger partial charge in [0.05, 0.1) is 0 Å². The largest absolute Gasteiger partial charge is 0.486 e. The van der Waals surface area contributed by atoms with Crippen molar-refractivity contribution in [2.75, 3.05) is 13.1 Å². The maximum absolute atomic E-state index is 6.40. The summed E-state index contributed by atoms with van der Waals surface area (Å²) in [7, 11) is 0. The molecule has 1 rings (SSSR count). The standard InChI is InChI=1S/C18H30ClNO/c1-7-9-20-12-18(6,8-2)21-17-10-14(5)16(19)11-15(17)13(3)4/h10-11,13,20H,7-9,12H2,1-6H3. The Hall–Kier alpha value is -0.730. The third kappa shape index (κ3) is 5.19. The average molecular weight is 312 g/mol. The van der Waals surface area contributed by atoms with Gasteiger partial charge in [0.2, 0.25) is 0 Å². The second-order valence-electron chi connectivity index (χ2n) is 6.38. The SMILES string of the molecule is CCCNCC(C)(CC)Oc1cc(C)c(Cl)cc1C(C)C. The van der Waals surface area contributed by atoms with E-state index in [9.17, 15) is 0 Å². The molecule has 21 heavy (non-hydrogen) atoms. The highest BCUT2D eigenvalue weighted by Gasteiger charge is 2.25. The minimum Gasteiger partial charge on any atom is -0.486 e. The Labute approximate surface area is 135 Å². The van der Waals surface area contributed by atoms with Crippen molar-refractivity contribution in [1.82, 2.24) is 5.32 Å². The molecule has 0 amide bonds. The van der Waals surface area contributed by atoms with Crippen molar-refractivity contribution in [1.29, 1.82) is 0 Å². The van der Waals surface area contributed by atoms with Gasteiger partial charge in [-0.25, -0.2) is 0 Å². The first-order chi connectivity index (χ1) is 9.83. The molecule has 0 aliphatic carbocycles. The van der Waals surface area contributed by atoms with E-state index in [2.05, 4.69) is 46.0 Å². The van der Waals surface area contributed by atoms with Gasteiger partial charge in [-0.2, -0.15) is 0 Å². The zero-order valence-corrected chi connectivity index (χ0v) is 15.1. The van der Waals surface area contributed by atoms with Crippen LogP contribution in [0.2, 0.25) is 5.02 Å². The molecule has 0 bridgehead atoms. The number of halogens is 1. The highest BCUT2D eigenvalue weighted by atomic mass is 35.5. The van der Waals surface area contributed by atoms with Gasteiger partial charge >= 0.3 is 0 Å². The predicted octanol–water partition coefficient (Wildman–Crippen LogP) is 5.32. The second kappa shape index (κ2) is 8.05. The fourth-order valence-electron chi connectivity index (χ4n) is 2.24. The predicted molar refractivity (Wildman–Crippen MR) is 92.8 cm³/mol. The van der Waals surface area contributed by atoms with Crippen LogP contribution in [0.5, 0.6) is 5.75 Å². The molecule has 0 aromatic heterocycles. The highest BCUT2D eigenvalue weighted by Crippen LogP contribution is 2.34. The molecule has 0 heterocycles. The zero-order valence-electron chi connectivity index (χ0n) is 14.3. The number of nitrogens with one attached hydrogen (secondary N) is 1. The molecule has 120 valence electrons. The summed E-state index contributed by atoms with van der Waals surface area (Å²) in [5.41, 5.74) is 2.05. The number of ether oxygens (including phenoxy) is 1. The topological polar surface area (TPSA) is 21.3 Å². The van der Waals surface area contributed by atoms with Gasteiger partial charge in [-0.05, 0) is 62.4 Å². The fraction of sp³-hybridized carbons (Fsp3) is 0.667. The summed E-state index contributed by atoms with van der Waals surface area (Å²) in [6, 6.07) is 4.12. The molecule has 0 saturated carbocycles. The van der Waals surface area contributed by atoms with E-state index in [4.69, 9.17) is 16.3 Å². The first kappa shape index (κ1) is 18.3. The molecule has 1 N–H and O–H groups in total. The molecule has 0 spiro atoms. The number of hydrogen-bond acceptors (Lipinski definition) is 2. The van der Waals surface area contributed by atoms with Crippen LogP contribution in [0.1, 0.15) is 64.5 Å². The monoisotopic (exact) mass is 311 g/mol. The molecule has 1 atom stereocenters. The molecule has 1 unspecified atom stereocenters. The molecular weight excluding hydrogens is 282 g/mol. The Balaban J connectivity index is 3.00. The van der Waals surface area contributed by atoms with Crippen LogP contribution < -0.4 is 10.1 Å². The van der Waals surface area contributed by atoms with Crippen molar-refractivity contribution >= 4 is 11.6 Å². The van der Waals surface area contributed by atoms with E-state index < -0.39 is 0 Å². The van der Waals surface area contributed by atoms with E-state index in [1.807, 2.05) is 13.0 Å². The van der Waals surface area contributed by atoms with Crippen LogP contribution in [0.4, 0.5) is 0 Å². The van der Waals surface area contributed by atoms with E-state index in [0.29, 0.717) is 5.92 Å². The summed E-state index contributed by atoms with van der Waals surface area (Å²) in [4.78, 5) is 0. The Morgan fingerprint density at radius 3 is 2.48 bits per heavy atom. The van der Waals surface area contributed by atoms with Gasteiger partial charge < -0.3 is 10.1 Å². The summed E-state index contributed by atoms with van der Waals surface area (Å²) in [5, 5.41) is 4.28. The van der Waals surface area contributed by atoms with Crippen molar-refractivity contribution in [2.24, 2.45) is 0 Å². The van der Waals surface area contributed by atoms with Crippen LogP contribution in [-0.2, 0) is 0 Å². The third-order valence-corrected chi connectivity index (χ3v) is 4.35. The minimum atomic E-state index is -0.195. The van der Waals surface area contributed by atoms with Crippen molar-refractivity contribution in [2.45, 2.75) is 65.9 Å². The Morgan fingerprint density at radius 2 is 1.95 bits per heavy atom. The van der Waals surface area contributed by atoms with Crippen molar-refractivity contribution < 1.29 is 4.74 Å². The van der Waals surface area contributed by atoms with E-state index in [-0.39, 0.29) is 5.60 Å². The summed E-state index contributed by atoms with van der Waals surface area (Å²) in [6.45, 7) is 14.8. The maximum atomic E-state index is 6.40. The van der Waals surface area contributed by atoms with Gasteiger partial charge in [0.1, 0.15) is 11.4 Å². The lowest BCUT2D eigenvalue weighted by Gasteiger charge is -2.32. The molecule has 1 aromatic rings. The minimum absolute atomic E-state index is 0.195. The van der Waals surface area contributed by atoms with Gasteiger partial charge in [-0.3, -0.25) is 0 Å². The first-order valence-corrected chi connectivity index (χ1v) is 8.40. The van der Waals surface area contributed by atoms with Crippen LogP contribution in [0.25, 0.3) is 0 Å². The van der Waals surface area contributed by atoms with Crippen LogP contribution >= 0.6 is 11.6 Å². The molecule has 0 aliphatic heterocycles. The molecular formula is C18H30ClNO. The van der Waals surface area contributed by atoms with Gasteiger partial charge in [0.25, 0.3) is 0 Å². The van der Waals surface area contributed by atoms with E-state index in [0.717, 1.165) is 42.3 Å². The summed E-state index contributed by atoms with van der Waals surface area (Å²) < 4.78 is 6.40. The Kier molecular flexibility index (Phi) is 7.02. The summed E-state index contributed by atoms with van der Waals surface area (Å²) >= 11 is 6.27. The maximum Gasteiger partial charge on any atom is 0.124 e. The molecule has 3 heteroatoms. The fourth-order valence-corrected chi connectivity index (χ4v) is 2.41. The van der Waals surface area contributed by atoms with E-state index >= 15 is 0 Å². The van der Waals surface area contributed by atoms with E-state index in [1.165, 1.54) is 5.56 Å². The van der Waals surface area contributed by atoms with Crippen molar-refractivity contribution in [3.05, 3.63) is 28.3 Å². The van der Waals surface area contributed by atoms with Gasteiger partial charge in [0.15, 0.2) is 0 Å². The average Bonchev–Trinajstić information content (AvgIpc) is 2.42. The molecule has 2 nitrogen and oxygen atoms in total. The smallest absolute Gasteiger partial charge is 0.124 e. The van der Waals surface area contributed by atoms with Crippen molar-refractivity contribution in [3.63, 3.8) is 0 Å². The van der Waals surface area contributed by atoms with E-state index in [1.54, 1.807) is 0 Å². The summed E-state index contributed by atoms with van der Waals surface area (Å²) in [5.74, 6) is 1.36. The molecule has 0 saturated heterocycles. The first-order valence-electron chi connectivity index (χ1n) is 8.02. The highest BCUT2D eigenvalue weighted by molar-refractivity contribution is 6.31. The van der Waals surface area contributed by atoms with Crippen LogP contribution in [0.15, 0.2) is 12.1 Å². The second-order valence-corrected chi connectivity index (χ2v) is 6.78. The molecule has 0 fully saturated rings.